The van der Waals surface area contributed by atoms with Crippen LogP contribution in [0, 0.1) is 0 Å². The molecule has 0 bridgehead atoms. The molecule has 0 saturated heterocycles. The molecule has 2 N–H and O–H groups in total. The molecule has 4 nitrogen and oxygen atoms in total. The largest absolute Gasteiger partial charge is 0.481 e. The lowest BCUT2D eigenvalue weighted by Gasteiger charge is -2.01. The van der Waals surface area contributed by atoms with E-state index in [0.717, 1.165) is 25.7 Å². The second-order valence-corrected chi connectivity index (χ2v) is 12.9. The van der Waals surface area contributed by atoms with Crippen molar-refractivity contribution in [3.05, 3.63) is 24.3 Å². The Kier molecular flexibility index (Phi) is 41.9. The maximum absolute atomic E-state index is 10.4. The Morgan fingerprint density at radius 3 is 0.773 bits per heavy atom. The van der Waals surface area contributed by atoms with Gasteiger partial charge in [0.2, 0.25) is 0 Å². The van der Waals surface area contributed by atoms with E-state index < -0.39 is 11.9 Å². The molecule has 0 rings (SSSR count). The van der Waals surface area contributed by atoms with Crippen molar-refractivity contribution in [2.75, 3.05) is 0 Å². The Hall–Kier alpha value is -1.58. The minimum absolute atomic E-state index is 0.332. The van der Waals surface area contributed by atoms with Crippen molar-refractivity contribution in [3.63, 3.8) is 0 Å². The van der Waals surface area contributed by atoms with Crippen molar-refractivity contribution in [2.45, 2.75) is 219 Å². The molecule has 44 heavy (non-hydrogen) atoms. The summed E-state index contributed by atoms with van der Waals surface area (Å²) in [6.07, 6.45) is 48.4. The van der Waals surface area contributed by atoms with Gasteiger partial charge < -0.3 is 10.2 Å². The van der Waals surface area contributed by atoms with E-state index in [-0.39, 0.29) is 0 Å². The number of rotatable bonds is 34. The standard InChI is InChI=1S/C22H42O2.C18H34O2/c1-2-3-4-5-6-7-8-9-10-11-12-13-14-15-16-17-18-19-20-21-22(23)24;1-2-3-4-5-6-7-8-9-10-11-12-13-14-15-16-17-18(19)20/h9-10H,2-8,11-21H2,1H3,(H,23,24);9-10H,2-8,11-17H2,1H3,(H,19,20)/b2*10-9+. The van der Waals surface area contributed by atoms with Gasteiger partial charge in [0, 0.05) is 12.8 Å². The van der Waals surface area contributed by atoms with E-state index in [1.807, 2.05) is 0 Å². The van der Waals surface area contributed by atoms with Gasteiger partial charge in [0.15, 0.2) is 0 Å². The van der Waals surface area contributed by atoms with Crippen molar-refractivity contribution in [2.24, 2.45) is 0 Å². The molecule has 0 aliphatic rings. The van der Waals surface area contributed by atoms with E-state index in [1.165, 1.54) is 167 Å². The fourth-order valence-corrected chi connectivity index (χ4v) is 5.40. The Bertz CT molecular complexity index is 625. The molecule has 0 saturated carbocycles. The van der Waals surface area contributed by atoms with Gasteiger partial charge in [-0.3, -0.25) is 9.59 Å². The number of allylic oxidation sites excluding steroid dienone is 4. The molecule has 0 fully saturated rings. The molecule has 0 amide bonds. The zero-order valence-corrected chi connectivity index (χ0v) is 29.6. The van der Waals surface area contributed by atoms with Crippen LogP contribution < -0.4 is 0 Å². The molecule has 0 aromatic heterocycles. The summed E-state index contributed by atoms with van der Waals surface area (Å²) >= 11 is 0. The molecule has 0 heterocycles. The third-order valence-electron chi connectivity index (χ3n) is 8.30. The minimum Gasteiger partial charge on any atom is -0.481 e. The van der Waals surface area contributed by atoms with E-state index in [0.29, 0.717) is 12.8 Å². The van der Waals surface area contributed by atoms with Crippen LogP contribution in [0.2, 0.25) is 0 Å². The second kappa shape index (κ2) is 41.4. The van der Waals surface area contributed by atoms with Crippen LogP contribution in [-0.2, 0) is 9.59 Å². The van der Waals surface area contributed by atoms with Crippen molar-refractivity contribution in [1.82, 2.24) is 0 Å². The quantitative estimate of drug-likeness (QED) is 0.0554. The first-order chi connectivity index (χ1) is 21.5. The second-order valence-electron chi connectivity index (χ2n) is 12.9. The summed E-state index contributed by atoms with van der Waals surface area (Å²) in [7, 11) is 0. The van der Waals surface area contributed by atoms with Gasteiger partial charge in [-0.1, -0.05) is 167 Å². The third-order valence-corrected chi connectivity index (χ3v) is 8.30. The lowest BCUT2D eigenvalue weighted by atomic mass is 10.1. The molecule has 0 radical (unpaired) electrons. The molecule has 0 unspecified atom stereocenters. The van der Waals surface area contributed by atoms with Crippen LogP contribution in [0.3, 0.4) is 0 Å². The average Bonchev–Trinajstić information content (AvgIpc) is 3.00. The monoisotopic (exact) mass is 621 g/mol. The fourth-order valence-electron chi connectivity index (χ4n) is 5.40. The fraction of sp³-hybridized carbons (Fsp3) is 0.850. The number of unbranched alkanes of at least 4 members (excludes halogenated alkanes) is 26. The molecule has 0 aliphatic carbocycles. The molecule has 0 aliphatic heterocycles. The Morgan fingerprint density at radius 2 is 0.545 bits per heavy atom. The van der Waals surface area contributed by atoms with Gasteiger partial charge in [-0.15, -0.1) is 0 Å². The van der Waals surface area contributed by atoms with Gasteiger partial charge >= 0.3 is 11.9 Å². The maximum atomic E-state index is 10.4. The maximum Gasteiger partial charge on any atom is 0.303 e. The van der Waals surface area contributed by atoms with Crippen molar-refractivity contribution < 1.29 is 19.8 Å². The molecular weight excluding hydrogens is 544 g/mol. The molecular formula is C40H76O4. The Balaban J connectivity index is 0. The predicted octanol–water partition coefficient (Wildman–Crippen LogP) is 13.8. The highest BCUT2D eigenvalue weighted by Gasteiger charge is 1.97. The summed E-state index contributed by atoms with van der Waals surface area (Å²) in [5.41, 5.74) is 0. The lowest BCUT2D eigenvalue weighted by molar-refractivity contribution is -0.138. The van der Waals surface area contributed by atoms with Crippen LogP contribution in [0.25, 0.3) is 0 Å². The molecule has 4 heteroatoms. The summed E-state index contributed by atoms with van der Waals surface area (Å²) in [5.74, 6) is -1.32. The first kappa shape index (κ1) is 44.5. The van der Waals surface area contributed by atoms with Gasteiger partial charge in [0.05, 0.1) is 0 Å². The van der Waals surface area contributed by atoms with Crippen molar-refractivity contribution in [1.29, 1.82) is 0 Å². The zero-order valence-electron chi connectivity index (χ0n) is 29.6. The van der Waals surface area contributed by atoms with Gasteiger partial charge in [0.1, 0.15) is 0 Å². The van der Waals surface area contributed by atoms with Crippen LogP contribution in [0.4, 0.5) is 0 Å². The van der Waals surface area contributed by atoms with Gasteiger partial charge in [0.25, 0.3) is 0 Å². The smallest absolute Gasteiger partial charge is 0.303 e. The number of carboxylic acid groups (broad SMARTS) is 2. The average molecular weight is 621 g/mol. The highest BCUT2D eigenvalue weighted by Crippen LogP contribution is 2.13. The van der Waals surface area contributed by atoms with Crippen LogP contribution in [0.1, 0.15) is 219 Å². The molecule has 0 atom stereocenters. The highest BCUT2D eigenvalue weighted by atomic mass is 16.4. The van der Waals surface area contributed by atoms with E-state index in [2.05, 4.69) is 38.2 Å². The van der Waals surface area contributed by atoms with Crippen LogP contribution in [0.15, 0.2) is 24.3 Å². The normalized spacial score (nSPS) is 11.3. The van der Waals surface area contributed by atoms with Crippen molar-refractivity contribution >= 4 is 11.9 Å². The Labute approximate surface area is 275 Å². The number of carbonyl (C=O) groups is 2. The summed E-state index contributed by atoms with van der Waals surface area (Å²) < 4.78 is 0. The SMILES string of the molecule is CCCCCCCC/C=C/CCCCCCCC(=O)O.CCCCCCCC/C=C/CCCCCCCCCCCC(=O)O. The van der Waals surface area contributed by atoms with Crippen molar-refractivity contribution in [3.8, 4) is 0 Å². The highest BCUT2D eigenvalue weighted by molar-refractivity contribution is 5.66. The first-order valence-electron chi connectivity index (χ1n) is 19.3. The lowest BCUT2D eigenvalue weighted by Crippen LogP contribution is -1.93. The minimum atomic E-state index is -0.664. The Morgan fingerprint density at radius 1 is 0.341 bits per heavy atom. The van der Waals surface area contributed by atoms with E-state index in [1.54, 1.807) is 0 Å². The number of aliphatic carboxylic acids is 2. The van der Waals surface area contributed by atoms with Gasteiger partial charge in [-0.25, -0.2) is 0 Å². The van der Waals surface area contributed by atoms with E-state index in [9.17, 15) is 9.59 Å². The summed E-state index contributed by atoms with van der Waals surface area (Å²) in [5, 5.41) is 17.1. The van der Waals surface area contributed by atoms with Crippen LogP contribution in [0.5, 0.6) is 0 Å². The first-order valence-corrected chi connectivity index (χ1v) is 19.3. The van der Waals surface area contributed by atoms with Crippen LogP contribution in [-0.4, -0.2) is 22.2 Å². The molecule has 0 aromatic rings. The van der Waals surface area contributed by atoms with Gasteiger partial charge in [-0.05, 0) is 64.2 Å². The summed E-state index contributed by atoms with van der Waals surface area (Å²) in [6, 6.07) is 0. The zero-order chi connectivity index (χ0) is 32.6. The predicted molar refractivity (Wildman–Crippen MR) is 193 cm³/mol. The molecule has 260 valence electrons. The topological polar surface area (TPSA) is 74.6 Å². The third kappa shape index (κ3) is 47.4. The van der Waals surface area contributed by atoms with Gasteiger partial charge in [-0.2, -0.15) is 0 Å². The number of carboxylic acids is 2. The summed E-state index contributed by atoms with van der Waals surface area (Å²) in [4.78, 5) is 20.7. The molecule has 0 aromatic carbocycles. The van der Waals surface area contributed by atoms with E-state index in [4.69, 9.17) is 10.2 Å². The number of hydrogen-bond acceptors (Lipinski definition) is 2. The number of hydrogen-bond donors (Lipinski definition) is 2. The summed E-state index contributed by atoms with van der Waals surface area (Å²) in [6.45, 7) is 4.53. The van der Waals surface area contributed by atoms with Crippen LogP contribution >= 0.6 is 0 Å². The van der Waals surface area contributed by atoms with E-state index >= 15 is 0 Å². The molecule has 0 spiro atoms.